The fraction of sp³-hybridized carbons (Fsp3) is 0.367. The molecule has 1 heterocycles. The lowest BCUT2D eigenvalue weighted by Gasteiger charge is -2.56. The zero-order valence-electron chi connectivity index (χ0n) is 20.3. The molecule has 5 rings (SSSR count). The van der Waals surface area contributed by atoms with E-state index in [0.717, 1.165) is 48.8 Å². The summed E-state index contributed by atoms with van der Waals surface area (Å²) in [4.78, 5) is 17.7. The molecule has 35 heavy (non-hydrogen) atoms. The molecular formula is C30H34N2O3. The second kappa shape index (κ2) is 9.48. The number of phenolic OH excluding ortho intramolecular Hbond substituents is 1. The van der Waals surface area contributed by atoms with Crippen LogP contribution in [0.1, 0.15) is 35.2 Å². The predicted octanol–water partition coefficient (Wildman–Crippen LogP) is 4.59. The first-order valence-electron chi connectivity index (χ1n) is 12.5. The number of aromatic hydroxyl groups is 1. The molecule has 3 aromatic rings. The summed E-state index contributed by atoms with van der Waals surface area (Å²) in [5.74, 6) is 0.237. The molecule has 1 unspecified atom stereocenters. The van der Waals surface area contributed by atoms with Gasteiger partial charge in [-0.3, -0.25) is 9.69 Å². The van der Waals surface area contributed by atoms with Gasteiger partial charge in [-0.2, -0.15) is 0 Å². The van der Waals surface area contributed by atoms with Crippen LogP contribution in [0, 0.1) is 5.92 Å². The molecule has 5 heteroatoms. The average Bonchev–Trinajstić information content (AvgIpc) is 2.88. The number of rotatable bonds is 5. The van der Waals surface area contributed by atoms with Gasteiger partial charge in [-0.25, -0.2) is 0 Å². The van der Waals surface area contributed by atoms with Gasteiger partial charge in [-0.15, -0.1) is 6.58 Å². The highest BCUT2D eigenvalue weighted by Gasteiger charge is 2.52. The van der Waals surface area contributed by atoms with Gasteiger partial charge in [0.15, 0.2) is 0 Å². The number of carbonyl (C=O) groups is 1. The van der Waals surface area contributed by atoms with E-state index in [9.17, 15) is 15.0 Å². The Kier molecular flexibility index (Phi) is 6.39. The number of benzene rings is 3. The maximum absolute atomic E-state index is 13.6. The summed E-state index contributed by atoms with van der Waals surface area (Å²) in [6.45, 7) is 6.35. The van der Waals surface area contributed by atoms with Crippen LogP contribution in [-0.2, 0) is 5.41 Å². The van der Waals surface area contributed by atoms with E-state index < -0.39 is 6.10 Å². The van der Waals surface area contributed by atoms with Gasteiger partial charge in [-0.05, 0) is 66.4 Å². The molecular weight excluding hydrogens is 436 g/mol. The van der Waals surface area contributed by atoms with Crippen molar-refractivity contribution in [3.05, 3.63) is 90.5 Å². The van der Waals surface area contributed by atoms with Crippen LogP contribution in [0.3, 0.4) is 0 Å². The number of hydrogen-bond donors (Lipinski definition) is 2. The molecule has 5 nitrogen and oxygen atoms in total. The van der Waals surface area contributed by atoms with E-state index in [1.165, 1.54) is 0 Å². The summed E-state index contributed by atoms with van der Waals surface area (Å²) in [5, 5.41) is 23.9. The van der Waals surface area contributed by atoms with Crippen LogP contribution in [0.25, 0.3) is 10.8 Å². The highest BCUT2D eigenvalue weighted by Crippen LogP contribution is 2.50. The summed E-state index contributed by atoms with van der Waals surface area (Å²) in [7, 11) is 1.86. The van der Waals surface area contributed by atoms with E-state index in [0.29, 0.717) is 12.0 Å². The lowest BCUT2D eigenvalue weighted by Crippen LogP contribution is -2.61. The zero-order valence-corrected chi connectivity index (χ0v) is 20.3. The van der Waals surface area contributed by atoms with E-state index in [1.807, 2.05) is 72.6 Å². The first-order chi connectivity index (χ1) is 16.9. The Hall–Kier alpha value is -3.15. The van der Waals surface area contributed by atoms with E-state index in [-0.39, 0.29) is 29.0 Å². The number of likely N-dealkylation sites (tertiary alicyclic amines) is 1. The van der Waals surface area contributed by atoms with Crippen LogP contribution in [0.4, 0.5) is 0 Å². The van der Waals surface area contributed by atoms with Crippen molar-refractivity contribution in [2.75, 3.05) is 26.7 Å². The standard InChI is InChI=1S/C30H34N2O3/c1-3-14-32-15-13-30(24-9-6-10-26(33)17-24)19-25(18-28(34)27(30)20-32)31(2)29(35)23-12-11-21-7-4-5-8-22(21)16-23/h3-12,16-17,25,27-28,33-34H,1,13-15,18-20H2,2H3/t25-,27-,28?,30-/m0/s1. The second-order valence-electron chi connectivity index (χ2n) is 10.3. The second-order valence-corrected chi connectivity index (χ2v) is 10.3. The number of amides is 1. The largest absolute Gasteiger partial charge is 0.508 e. The summed E-state index contributed by atoms with van der Waals surface area (Å²) in [6, 6.07) is 21.3. The third-order valence-electron chi connectivity index (χ3n) is 8.29. The summed E-state index contributed by atoms with van der Waals surface area (Å²) in [6.07, 6.45) is 3.53. The van der Waals surface area contributed by atoms with Crippen LogP contribution in [0.5, 0.6) is 5.75 Å². The Morgan fingerprint density at radius 3 is 2.71 bits per heavy atom. The van der Waals surface area contributed by atoms with Crippen molar-refractivity contribution in [1.29, 1.82) is 0 Å². The van der Waals surface area contributed by atoms with Gasteiger partial charge in [0, 0.05) is 43.1 Å². The Balaban J connectivity index is 1.46. The molecule has 0 radical (unpaired) electrons. The first kappa shape index (κ1) is 23.6. The molecule has 2 aliphatic rings. The molecule has 0 spiro atoms. The maximum atomic E-state index is 13.6. The number of phenols is 1. The van der Waals surface area contributed by atoms with Crippen molar-refractivity contribution in [3.8, 4) is 5.75 Å². The van der Waals surface area contributed by atoms with Crippen LogP contribution in [-0.4, -0.2) is 64.7 Å². The van der Waals surface area contributed by atoms with Crippen molar-refractivity contribution < 1.29 is 15.0 Å². The number of piperidine rings is 1. The molecule has 4 atom stereocenters. The van der Waals surface area contributed by atoms with E-state index in [1.54, 1.807) is 6.07 Å². The van der Waals surface area contributed by atoms with Crippen molar-refractivity contribution in [3.63, 3.8) is 0 Å². The molecule has 1 amide bonds. The van der Waals surface area contributed by atoms with Crippen molar-refractivity contribution >= 4 is 16.7 Å². The highest BCUT2D eigenvalue weighted by atomic mass is 16.3. The minimum atomic E-state index is -0.546. The number of aliphatic hydroxyl groups is 1. The first-order valence-corrected chi connectivity index (χ1v) is 12.5. The quantitative estimate of drug-likeness (QED) is 0.536. The lowest BCUT2D eigenvalue weighted by atomic mass is 9.56. The minimum absolute atomic E-state index is 0.0263. The number of hydrogen-bond acceptors (Lipinski definition) is 4. The summed E-state index contributed by atoms with van der Waals surface area (Å²) >= 11 is 0. The van der Waals surface area contributed by atoms with E-state index in [2.05, 4.69) is 17.5 Å². The van der Waals surface area contributed by atoms with Crippen molar-refractivity contribution in [2.24, 2.45) is 5.92 Å². The third kappa shape index (κ3) is 4.35. The topological polar surface area (TPSA) is 64.0 Å². The number of fused-ring (bicyclic) bond motifs is 2. The van der Waals surface area contributed by atoms with Crippen molar-refractivity contribution in [2.45, 2.75) is 36.8 Å². The molecule has 1 saturated carbocycles. The van der Waals surface area contributed by atoms with Gasteiger partial charge in [0.25, 0.3) is 5.91 Å². The number of aliphatic hydroxyl groups excluding tert-OH is 1. The van der Waals surface area contributed by atoms with Crippen LogP contribution in [0.2, 0.25) is 0 Å². The van der Waals surface area contributed by atoms with Gasteiger partial charge >= 0.3 is 0 Å². The fourth-order valence-corrected chi connectivity index (χ4v) is 6.40. The van der Waals surface area contributed by atoms with Crippen LogP contribution >= 0.6 is 0 Å². The molecule has 182 valence electrons. The molecule has 0 aromatic heterocycles. The monoisotopic (exact) mass is 470 g/mol. The molecule has 3 aromatic carbocycles. The van der Waals surface area contributed by atoms with Crippen LogP contribution in [0.15, 0.2) is 79.4 Å². The van der Waals surface area contributed by atoms with Gasteiger partial charge < -0.3 is 15.1 Å². The molecule has 0 bridgehead atoms. The Bertz CT molecular complexity index is 1240. The van der Waals surface area contributed by atoms with Crippen LogP contribution < -0.4 is 0 Å². The fourth-order valence-electron chi connectivity index (χ4n) is 6.40. The predicted molar refractivity (Wildman–Crippen MR) is 140 cm³/mol. The highest BCUT2D eigenvalue weighted by molar-refractivity contribution is 5.98. The molecule has 1 aliphatic carbocycles. The average molecular weight is 471 g/mol. The normalized spacial score (nSPS) is 26.7. The minimum Gasteiger partial charge on any atom is -0.508 e. The zero-order chi connectivity index (χ0) is 24.6. The van der Waals surface area contributed by atoms with Crippen molar-refractivity contribution in [1.82, 2.24) is 9.80 Å². The van der Waals surface area contributed by atoms with E-state index in [4.69, 9.17) is 0 Å². The van der Waals surface area contributed by atoms with Gasteiger partial charge in [0.1, 0.15) is 5.75 Å². The third-order valence-corrected chi connectivity index (χ3v) is 8.29. The molecule has 1 saturated heterocycles. The maximum Gasteiger partial charge on any atom is 0.253 e. The molecule has 1 aliphatic heterocycles. The molecule has 2 fully saturated rings. The summed E-state index contributed by atoms with van der Waals surface area (Å²) < 4.78 is 0. The summed E-state index contributed by atoms with van der Waals surface area (Å²) in [5.41, 5.74) is 1.41. The van der Waals surface area contributed by atoms with Gasteiger partial charge in [-0.1, -0.05) is 48.5 Å². The smallest absolute Gasteiger partial charge is 0.253 e. The Morgan fingerprint density at radius 2 is 1.94 bits per heavy atom. The van der Waals surface area contributed by atoms with Gasteiger partial charge in [0.05, 0.1) is 6.10 Å². The Labute approximate surface area is 207 Å². The van der Waals surface area contributed by atoms with Gasteiger partial charge in [0.2, 0.25) is 0 Å². The lowest BCUT2D eigenvalue weighted by molar-refractivity contribution is -0.0591. The van der Waals surface area contributed by atoms with E-state index >= 15 is 0 Å². The Morgan fingerprint density at radius 1 is 1.14 bits per heavy atom. The molecule has 2 N–H and O–H groups in total. The SMILES string of the molecule is C=CCN1CC[C@@]2(c3cccc(O)c3)C[C@@H](N(C)C(=O)c3ccc4ccccc4c3)CC(O)[C@@H]2C1. The number of carbonyl (C=O) groups excluding carboxylic acids is 1. The number of nitrogens with zero attached hydrogens (tertiary/aromatic N) is 2.